The summed E-state index contributed by atoms with van der Waals surface area (Å²) in [5, 5.41) is 21.9. The molecular formula is C38H34O8. The van der Waals surface area contributed by atoms with Crippen LogP contribution in [0.3, 0.4) is 0 Å². The minimum absolute atomic E-state index is 0.0482. The first kappa shape index (κ1) is 31.7. The number of hydrogen-bond acceptors (Lipinski definition) is 8. The fourth-order valence-electron chi connectivity index (χ4n) is 4.84. The van der Waals surface area contributed by atoms with Crippen molar-refractivity contribution in [2.45, 2.75) is 40.3 Å². The van der Waals surface area contributed by atoms with Crippen LogP contribution in [0.5, 0.6) is 23.0 Å². The molecule has 0 aliphatic rings. The lowest BCUT2D eigenvalue weighted by Crippen LogP contribution is -2.09. The minimum Gasteiger partial charge on any atom is -0.507 e. The minimum atomic E-state index is -0.642. The zero-order valence-corrected chi connectivity index (χ0v) is 25.6. The van der Waals surface area contributed by atoms with Crippen molar-refractivity contribution in [1.82, 2.24) is 0 Å². The summed E-state index contributed by atoms with van der Waals surface area (Å²) in [5.74, 6) is -0.970. The normalized spacial score (nSPS) is 10.7. The van der Waals surface area contributed by atoms with Crippen LogP contribution in [-0.4, -0.2) is 22.2 Å². The third-order valence-electron chi connectivity index (χ3n) is 7.15. The Morgan fingerprint density at radius 1 is 0.522 bits per heavy atom. The van der Waals surface area contributed by atoms with E-state index in [0.717, 1.165) is 22.3 Å². The molecule has 0 heterocycles. The molecule has 2 N–H and O–H groups in total. The third kappa shape index (κ3) is 8.04. The summed E-state index contributed by atoms with van der Waals surface area (Å²) in [7, 11) is 0. The summed E-state index contributed by atoms with van der Waals surface area (Å²) in [6.45, 7) is 3.68. The van der Waals surface area contributed by atoms with Crippen LogP contribution in [0, 0.1) is 13.8 Å². The zero-order valence-electron chi connectivity index (χ0n) is 25.6. The van der Waals surface area contributed by atoms with Crippen LogP contribution in [0.15, 0.2) is 109 Å². The van der Waals surface area contributed by atoms with Gasteiger partial charge in [0.05, 0.1) is 0 Å². The first-order valence-corrected chi connectivity index (χ1v) is 14.7. The van der Waals surface area contributed by atoms with E-state index in [1.54, 1.807) is 48.5 Å². The Bertz CT molecular complexity index is 1680. The van der Waals surface area contributed by atoms with Gasteiger partial charge in [0, 0.05) is 11.1 Å². The number of benzene rings is 5. The molecule has 0 unspecified atom stereocenters. The van der Waals surface area contributed by atoms with Crippen LogP contribution in [-0.2, 0) is 35.9 Å². The van der Waals surface area contributed by atoms with E-state index in [9.17, 15) is 19.8 Å². The Labute approximate surface area is 267 Å². The topological polar surface area (TPSA) is 112 Å². The van der Waals surface area contributed by atoms with E-state index in [-0.39, 0.29) is 49.1 Å². The van der Waals surface area contributed by atoms with E-state index < -0.39 is 11.9 Å². The van der Waals surface area contributed by atoms with Crippen LogP contribution in [0.2, 0.25) is 0 Å². The second kappa shape index (κ2) is 14.8. The number of esters is 2. The molecule has 0 aliphatic carbocycles. The maximum atomic E-state index is 12.8. The molecule has 8 heteroatoms. The molecule has 0 aromatic heterocycles. The second-order valence-electron chi connectivity index (χ2n) is 10.8. The van der Waals surface area contributed by atoms with Gasteiger partial charge in [-0.3, -0.25) is 0 Å². The van der Waals surface area contributed by atoms with Crippen molar-refractivity contribution in [3.05, 3.63) is 154 Å². The summed E-state index contributed by atoms with van der Waals surface area (Å²) in [5.41, 5.74) is 4.07. The van der Waals surface area contributed by atoms with Crippen molar-refractivity contribution in [1.29, 1.82) is 0 Å². The van der Waals surface area contributed by atoms with Gasteiger partial charge in [-0.15, -0.1) is 0 Å². The number of rotatable bonds is 12. The molecule has 0 aliphatic heterocycles. The first-order valence-electron chi connectivity index (χ1n) is 14.7. The SMILES string of the molecule is Cc1cc(COc2ccccc2OCc2cc(C)cc(C(=O)OCc3ccccc3)c2O)c(O)c(C(=O)OCc2ccccc2)c1. The molecule has 46 heavy (non-hydrogen) atoms. The van der Waals surface area contributed by atoms with Crippen molar-refractivity contribution >= 4 is 11.9 Å². The highest BCUT2D eigenvalue weighted by atomic mass is 16.5. The Balaban J connectivity index is 1.25. The Morgan fingerprint density at radius 3 is 1.28 bits per heavy atom. The number of aryl methyl sites for hydroxylation is 2. The maximum absolute atomic E-state index is 12.8. The van der Waals surface area contributed by atoms with E-state index in [0.29, 0.717) is 22.6 Å². The average Bonchev–Trinajstić information content (AvgIpc) is 3.07. The monoisotopic (exact) mass is 618 g/mol. The van der Waals surface area contributed by atoms with E-state index in [1.807, 2.05) is 74.5 Å². The first-order chi connectivity index (χ1) is 22.3. The van der Waals surface area contributed by atoms with E-state index >= 15 is 0 Å². The molecule has 0 spiro atoms. The molecule has 0 atom stereocenters. The molecule has 0 radical (unpaired) electrons. The average molecular weight is 619 g/mol. The largest absolute Gasteiger partial charge is 0.507 e. The summed E-state index contributed by atoms with van der Waals surface area (Å²) in [6.07, 6.45) is 0. The molecule has 234 valence electrons. The van der Waals surface area contributed by atoms with E-state index in [2.05, 4.69) is 0 Å². The van der Waals surface area contributed by atoms with Gasteiger partial charge >= 0.3 is 11.9 Å². The second-order valence-corrected chi connectivity index (χ2v) is 10.8. The summed E-state index contributed by atoms with van der Waals surface area (Å²) < 4.78 is 22.9. The van der Waals surface area contributed by atoms with Gasteiger partial charge < -0.3 is 29.2 Å². The van der Waals surface area contributed by atoms with Gasteiger partial charge in [-0.25, -0.2) is 9.59 Å². The molecule has 0 fully saturated rings. The molecule has 0 saturated carbocycles. The fraction of sp³-hybridized carbons (Fsp3) is 0.158. The van der Waals surface area contributed by atoms with Gasteiger partial charge in [-0.05, 0) is 72.5 Å². The lowest BCUT2D eigenvalue weighted by molar-refractivity contribution is 0.0459. The molecule has 0 bridgehead atoms. The Kier molecular flexibility index (Phi) is 10.2. The molecular weight excluding hydrogens is 584 g/mol. The molecule has 5 rings (SSSR count). The van der Waals surface area contributed by atoms with Crippen LogP contribution in [0.4, 0.5) is 0 Å². The van der Waals surface area contributed by atoms with Crippen molar-refractivity contribution in [3.63, 3.8) is 0 Å². The lowest BCUT2D eigenvalue weighted by Gasteiger charge is -2.16. The molecule has 0 saturated heterocycles. The number of para-hydroxylation sites is 2. The smallest absolute Gasteiger partial charge is 0.342 e. The number of phenolic OH excluding ortho intramolecular Hbond substituents is 2. The van der Waals surface area contributed by atoms with Crippen LogP contribution >= 0.6 is 0 Å². The van der Waals surface area contributed by atoms with Gasteiger partial charge in [0.2, 0.25) is 0 Å². The number of aromatic hydroxyl groups is 2. The van der Waals surface area contributed by atoms with Gasteiger partial charge in [0.1, 0.15) is 49.1 Å². The number of hydrogen-bond donors (Lipinski definition) is 2. The maximum Gasteiger partial charge on any atom is 0.342 e. The number of carbonyl (C=O) groups is 2. The fourth-order valence-corrected chi connectivity index (χ4v) is 4.84. The molecule has 0 amide bonds. The summed E-state index contributed by atoms with van der Waals surface area (Å²) in [4.78, 5) is 25.6. The lowest BCUT2D eigenvalue weighted by atomic mass is 10.0. The number of ether oxygens (including phenoxy) is 4. The predicted octanol–water partition coefficient (Wildman–Crippen LogP) is 7.59. The standard InChI is InChI=1S/C38H34O8/c1-25-17-29(35(39)31(19-25)37(41)45-21-27-11-5-3-6-12-27)23-43-33-15-9-10-16-34(33)44-24-30-18-26(2)20-32(36(30)40)38(42)46-22-28-13-7-4-8-14-28/h3-20,39-40H,21-24H2,1-2H3. The highest BCUT2D eigenvalue weighted by molar-refractivity contribution is 5.93. The van der Waals surface area contributed by atoms with E-state index in [1.165, 1.54) is 0 Å². The molecule has 8 nitrogen and oxygen atoms in total. The van der Waals surface area contributed by atoms with Gasteiger partial charge in [0.15, 0.2) is 11.5 Å². The van der Waals surface area contributed by atoms with E-state index in [4.69, 9.17) is 18.9 Å². The number of carbonyl (C=O) groups excluding carboxylic acids is 2. The van der Waals surface area contributed by atoms with Gasteiger partial charge in [-0.1, -0.05) is 72.8 Å². The van der Waals surface area contributed by atoms with Crippen LogP contribution < -0.4 is 9.47 Å². The Morgan fingerprint density at radius 2 is 0.891 bits per heavy atom. The van der Waals surface area contributed by atoms with Crippen LogP contribution in [0.1, 0.15) is 54.1 Å². The van der Waals surface area contributed by atoms with Crippen molar-refractivity contribution in [3.8, 4) is 23.0 Å². The van der Waals surface area contributed by atoms with Crippen molar-refractivity contribution in [2.24, 2.45) is 0 Å². The third-order valence-corrected chi connectivity index (χ3v) is 7.15. The summed E-state index contributed by atoms with van der Waals surface area (Å²) in [6, 6.07) is 32.2. The quantitative estimate of drug-likeness (QED) is 0.138. The highest BCUT2D eigenvalue weighted by Gasteiger charge is 2.20. The van der Waals surface area contributed by atoms with Crippen molar-refractivity contribution in [2.75, 3.05) is 0 Å². The van der Waals surface area contributed by atoms with Gasteiger partial charge in [-0.2, -0.15) is 0 Å². The van der Waals surface area contributed by atoms with Gasteiger partial charge in [0.25, 0.3) is 0 Å². The summed E-state index contributed by atoms with van der Waals surface area (Å²) >= 11 is 0. The number of phenols is 2. The van der Waals surface area contributed by atoms with Crippen LogP contribution in [0.25, 0.3) is 0 Å². The van der Waals surface area contributed by atoms with Crippen molar-refractivity contribution < 1.29 is 38.7 Å². The molecule has 5 aromatic carbocycles. The Hall–Kier alpha value is -5.76. The molecule has 5 aromatic rings. The highest BCUT2D eigenvalue weighted by Crippen LogP contribution is 2.33. The zero-order chi connectivity index (χ0) is 32.5. The predicted molar refractivity (Wildman–Crippen MR) is 172 cm³/mol.